The van der Waals surface area contributed by atoms with Crippen molar-refractivity contribution in [2.75, 3.05) is 21.3 Å². The second-order valence-corrected chi connectivity index (χ2v) is 9.59. The normalized spacial score (nSPS) is 21.6. The molecule has 1 unspecified atom stereocenters. The highest BCUT2D eigenvalue weighted by atomic mass is 16.6. The molecule has 2 aromatic rings. The van der Waals surface area contributed by atoms with Crippen LogP contribution >= 0.6 is 0 Å². The molecule has 4 atom stereocenters. The van der Waals surface area contributed by atoms with Crippen molar-refractivity contribution < 1.29 is 38.1 Å². The minimum Gasteiger partial charge on any atom is -0.469 e. The molecule has 206 valence electrons. The van der Waals surface area contributed by atoms with Crippen molar-refractivity contribution in [2.24, 2.45) is 11.3 Å². The second-order valence-electron chi connectivity index (χ2n) is 9.59. The van der Waals surface area contributed by atoms with Crippen molar-refractivity contribution in [3.63, 3.8) is 0 Å². The van der Waals surface area contributed by atoms with Crippen LogP contribution in [0.5, 0.6) is 0 Å². The minimum atomic E-state index is -2.06. The number of hydrogen-bond donors (Lipinski definition) is 0. The third-order valence-electron chi connectivity index (χ3n) is 7.63. The Bertz CT molecular complexity index is 1200. The summed E-state index contributed by atoms with van der Waals surface area (Å²) in [6.45, 7) is 0. The lowest BCUT2D eigenvalue weighted by molar-refractivity contribution is -0.180. The van der Waals surface area contributed by atoms with Crippen LogP contribution < -0.4 is 0 Å². The number of esters is 3. The minimum absolute atomic E-state index is 0.444. The summed E-state index contributed by atoms with van der Waals surface area (Å²) in [6.07, 6.45) is 3.54. The Hall–Kier alpha value is -4.14. The average molecular weight is 536 g/mol. The van der Waals surface area contributed by atoms with Gasteiger partial charge < -0.3 is 18.9 Å². The van der Waals surface area contributed by atoms with Gasteiger partial charge in [0.2, 0.25) is 0 Å². The predicted molar refractivity (Wildman–Crippen MR) is 140 cm³/mol. The summed E-state index contributed by atoms with van der Waals surface area (Å²) in [5.74, 6) is -3.22. The first-order valence-corrected chi connectivity index (χ1v) is 12.9. The molecule has 2 aliphatic rings. The fourth-order valence-electron chi connectivity index (χ4n) is 5.85. The Labute approximate surface area is 227 Å². The first-order valence-electron chi connectivity index (χ1n) is 12.9. The lowest BCUT2D eigenvalue weighted by Gasteiger charge is -2.45. The van der Waals surface area contributed by atoms with E-state index in [0.29, 0.717) is 18.4 Å². The van der Waals surface area contributed by atoms with Gasteiger partial charge in [-0.15, -0.1) is 0 Å². The van der Waals surface area contributed by atoms with E-state index in [-0.39, 0.29) is 0 Å². The van der Waals surface area contributed by atoms with E-state index in [4.69, 9.17) is 18.9 Å². The molecule has 1 aliphatic heterocycles. The molecule has 0 bridgehead atoms. The Kier molecular flexibility index (Phi) is 8.69. The van der Waals surface area contributed by atoms with Crippen molar-refractivity contribution in [3.05, 3.63) is 83.9 Å². The molecule has 0 N–H and O–H groups in total. The molecule has 9 heteroatoms. The Balaban J connectivity index is 1.99. The number of benzene rings is 2. The van der Waals surface area contributed by atoms with Gasteiger partial charge in [-0.05, 0) is 30.4 Å². The van der Waals surface area contributed by atoms with Crippen molar-refractivity contribution in [1.82, 2.24) is 4.90 Å². The smallest absolute Gasteiger partial charge is 0.411 e. The van der Waals surface area contributed by atoms with Gasteiger partial charge >= 0.3 is 24.0 Å². The number of nitrogens with zero attached hydrogens (tertiary/aromatic N) is 1. The second kappa shape index (κ2) is 12.1. The van der Waals surface area contributed by atoms with E-state index in [1.807, 2.05) is 66.7 Å². The molecule has 0 aromatic heterocycles. The monoisotopic (exact) mass is 535 g/mol. The molecule has 0 saturated carbocycles. The highest BCUT2D eigenvalue weighted by molar-refractivity contribution is 6.03. The lowest BCUT2D eigenvalue weighted by Crippen LogP contribution is -2.62. The molecule has 39 heavy (non-hydrogen) atoms. The highest BCUT2D eigenvalue weighted by Gasteiger charge is 2.65. The van der Waals surface area contributed by atoms with Crippen LogP contribution in [0.2, 0.25) is 0 Å². The van der Waals surface area contributed by atoms with Crippen LogP contribution in [0.25, 0.3) is 0 Å². The lowest BCUT2D eigenvalue weighted by atomic mass is 9.64. The number of cyclic esters (lactones) is 1. The molecule has 1 saturated heterocycles. The number of rotatable bonds is 9. The zero-order valence-corrected chi connectivity index (χ0v) is 22.3. The van der Waals surface area contributed by atoms with E-state index >= 15 is 0 Å². The van der Waals surface area contributed by atoms with E-state index in [1.165, 1.54) is 26.2 Å². The number of allylic oxidation sites excluding steroid dienone is 2. The van der Waals surface area contributed by atoms with Crippen LogP contribution in [-0.4, -0.2) is 56.3 Å². The molecule has 2 aromatic carbocycles. The van der Waals surface area contributed by atoms with Gasteiger partial charge in [-0.2, -0.15) is 0 Å². The molecule has 9 nitrogen and oxygen atoms in total. The van der Waals surface area contributed by atoms with Gasteiger partial charge in [0.25, 0.3) is 0 Å². The molecule has 1 amide bonds. The zero-order valence-electron chi connectivity index (χ0n) is 22.3. The van der Waals surface area contributed by atoms with Gasteiger partial charge in [0.1, 0.15) is 6.04 Å². The standard InChI is InChI=1S/C30H33NO8/c1-36-24(32)19-23(30(27(33)37-2,28(34)38-3)22-17-11-6-12-18-22)31-25(20-13-7-4-8-14-20)26(39-29(31)35)21-15-9-5-10-16-21/h4-5,7-11,13-17,22-23,25-26H,6,12,18-19H2,1-3H3/t22?,23-,25+,26-/m0/s1. The summed E-state index contributed by atoms with van der Waals surface area (Å²) in [5.41, 5.74) is -0.639. The van der Waals surface area contributed by atoms with Crippen LogP contribution in [0.15, 0.2) is 72.8 Å². The number of hydrogen-bond acceptors (Lipinski definition) is 8. The van der Waals surface area contributed by atoms with Gasteiger partial charge in [-0.1, -0.05) is 72.8 Å². The third kappa shape index (κ3) is 5.13. The summed E-state index contributed by atoms with van der Waals surface area (Å²) in [6, 6.07) is 16.2. The van der Waals surface area contributed by atoms with Gasteiger partial charge in [0.15, 0.2) is 11.5 Å². The summed E-state index contributed by atoms with van der Waals surface area (Å²) in [7, 11) is 3.55. The van der Waals surface area contributed by atoms with Crippen molar-refractivity contribution in [1.29, 1.82) is 0 Å². The molecule has 1 aliphatic carbocycles. The first-order chi connectivity index (χ1) is 18.9. The van der Waals surface area contributed by atoms with Gasteiger partial charge in [0, 0.05) is 5.92 Å². The summed E-state index contributed by atoms with van der Waals surface area (Å²) >= 11 is 0. The number of methoxy groups -OCH3 is 3. The van der Waals surface area contributed by atoms with Crippen LogP contribution in [0.4, 0.5) is 4.79 Å². The van der Waals surface area contributed by atoms with Crippen molar-refractivity contribution in [2.45, 2.75) is 43.9 Å². The van der Waals surface area contributed by atoms with Crippen LogP contribution in [0.3, 0.4) is 0 Å². The molecular weight excluding hydrogens is 502 g/mol. The maximum absolute atomic E-state index is 13.8. The van der Waals surface area contributed by atoms with E-state index in [2.05, 4.69) is 0 Å². The topological polar surface area (TPSA) is 108 Å². The number of carbonyl (C=O) groups excluding carboxylic acids is 4. The predicted octanol–water partition coefficient (Wildman–Crippen LogP) is 4.54. The van der Waals surface area contributed by atoms with Crippen LogP contribution in [-0.2, 0) is 33.3 Å². The van der Waals surface area contributed by atoms with Crippen molar-refractivity contribution in [3.8, 4) is 0 Å². The zero-order chi connectivity index (χ0) is 28.0. The van der Waals surface area contributed by atoms with Gasteiger partial charge in [0.05, 0.1) is 33.8 Å². The fourth-order valence-corrected chi connectivity index (χ4v) is 5.85. The fraction of sp³-hybridized carbons (Fsp3) is 0.400. The molecule has 1 heterocycles. The quantitative estimate of drug-likeness (QED) is 0.199. The molecule has 0 radical (unpaired) electrons. The highest BCUT2D eigenvalue weighted by Crippen LogP contribution is 2.51. The Morgan fingerprint density at radius 1 is 0.923 bits per heavy atom. The van der Waals surface area contributed by atoms with E-state index in [1.54, 1.807) is 6.08 Å². The molecule has 4 rings (SSSR count). The summed E-state index contributed by atoms with van der Waals surface area (Å²) in [5, 5.41) is 0. The number of ether oxygens (including phenoxy) is 4. The first kappa shape index (κ1) is 27.9. The Morgan fingerprint density at radius 3 is 2.03 bits per heavy atom. The largest absolute Gasteiger partial charge is 0.469 e. The molecular formula is C30H33NO8. The third-order valence-corrected chi connectivity index (χ3v) is 7.63. The van der Waals surface area contributed by atoms with Crippen LogP contribution in [0, 0.1) is 11.3 Å². The van der Waals surface area contributed by atoms with Gasteiger partial charge in [-0.25, -0.2) is 4.79 Å². The van der Waals surface area contributed by atoms with E-state index in [9.17, 15) is 19.2 Å². The van der Waals surface area contributed by atoms with Gasteiger partial charge in [-0.3, -0.25) is 19.3 Å². The molecule has 0 spiro atoms. The summed E-state index contributed by atoms with van der Waals surface area (Å²) in [4.78, 5) is 55.7. The maximum Gasteiger partial charge on any atom is 0.411 e. The maximum atomic E-state index is 13.8. The van der Waals surface area contributed by atoms with E-state index in [0.717, 1.165) is 12.0 Å². The van der Waals surface area contributed by atoms with Crippen molar-refractivity contribution >= 4 is 24.0 Å². The SMILES string of the molecule is COC(=O)C[C@H](N1C(=O)O[C@@H](c2ccccc2)[C@H]1c1ccccc1)C(C(=O)OC)(C(=O)OC)C1C=CCCC1. The number of carbonyl (C=O) groups is 4. The number of amides is 1. The Morgan fingerprint density at radius 2 is 1.51 bits per heavy atom. The van der Waals surface area contributed by atoms with Crippen LogP contribution in [0.1, 0.15) is 49.0 Å². The van der Waals surface area contributed by atoms with E-state index < -0.39 is 59.9 Å². The average Bonchev–Trinajstić information content (AvgIpc) is 3.34. The molecule has 1 fully saturated rings. The summed E-state index contributed by atoms with van der Waals surface area (Å²) < 4.78 is 21.4.